The van der Waals surface area contributed by atoms with E-state index in [1.54, 1.807) is 62.6 Å². The molecule has 0 unspecified atom stereocenters. The van der Waals surface area contributed by atoms with Gasteiger partial charge < -0.3 is 14.8 Å². The van der Waals surface area contributed by atoms with Gasteiger partial charge in [-0.3, -0.25) is 9.59 Å². The van der Waals surface area contributed by atoms with Gasteiger partial charge in [-0.05, 0) is 73.3 Å². The van der Waals surface area contributed by atoms with Crippen LogP contribution in [-0.4, -0.2) is 39.9 Å². The Morgan fingerprint density at radius 1 is 1.14 bits per heavy atom. The molecule has 2 amide bonds. The fourth-order valence-electron chi connectivity index (χ4n) is 6.39. The fraction of sp³-hybridized carbons (Fsp3) is 0.467. The van der Waals surface area contributed by atoms with Crippen LogP contribution in [0.3, 0.4) is 0 Å². The average Bonchev–Trinajstić information content (AvgIpc) is 3.67. The van der Waals surface area contributed by atoms with E-state index < -0.39 is 0 Å². The predicted molar refractivity (Wildman–Crippen MR) is 144 cm³/mol. The molecule has 3 aliphatic rings. The number of anilines is 1. The third-order valence-corrected chi connectivity index (χ3v) is 8.53. The topological polar surface area (TPSA) is 91.0 Å². The van der Waals surface area contributed by atoms with E-state index in [-0.39, 0.29) is 5.91 Å². The molecule has 6 rings (SSSR count). The number of rotatable bonds is 4. The second-order valence-electron chi connectivity index (χ2n) is 10.9. The lowest BCUT2D eigenvalue weighted by atomic mass is 9.88. The molecule has 3 aromatic rings. The number of carbonyl (C=O) groups excluding carboxylic acids is 2. The van der Waals surface area contributed by atoms with E-state index in [0.29, 0.717) is 22.7 Å². The van der Waals surface area contributed by atoms with Crippen molar-refractivity contribution in [3.05, 3.63) is 58.9 Å². The second kappa shape index (κ2) is 10.8. The van der Waals surface area contributed by atoms with Gasteiger partial charge >= 0.3 is 0 Å². The van der Waals surface area contributed by atoms with Gasteiger partial charge in [-0.25, -0.2) is 4.98 Å². The Balaban J connectivity index is 0.000000340. The number of aromatic nitrogens is 2. The lowest BCUT2D eigenvalue weighted by molar-refractivity contribution is -0.119. The molecule has 0 atom stereocenters. The maximum Gasteiger partial charge on any atom is 0.255 e. The van der Waals surface area contributed by atoms with Crippen molar-refractivity contribution in [2.45, 2.75) is 57.8 Å². The molecule has 0 spiro atoms. The molecule has 2 aliphatic carbocycles. The Morgan fingerprint density at radius 2 is 1.84 bits per heavy atom. The van der Waals surface area contributed by atoms with Crippen LogP contribution in [0.15, 0.2) is 36.7 Å². The molecular weight excluding hydrogens is 462 g/mol. The number of carbonyl (C=O) groups is 2. The zero-order valence-electron chi connectivity index (χ0n) is 21.7. The number of nitrogens with one attached hydrogen (secondary N) is 1. The highest BCUT2D eigenvalue weighted by molar-refractivity contribution is 6.06. The molecule has 2 aromatic heterocycles. The molecule has 0 radical (unpaired) electrons. The fourth-order valence-corrected chi connectivity index (χ4v) is 6.39. The number of nitriles is 1. The number of amides is 2. The van der Waals surface area contributed by atoms with E-state index in [1.807, 2.05) is 23.4 Å². The smallest absolute Gasteiger partial charge is 0.255 e. The van der Waals surface area contributed by atoms with E-state index >= 15 is 0 Å². The highest BCUT2D eigenvalue weighted by Crippen LogP contribution is 2.44. The van der Waals surface area contributed by atoms with Crippen LogP contribution < -0.4 is 5.32 Å². The molecule has 7 heteroatoms. The van der Waals surface area contributed by atoms with E-state index in [9.17, 15) is 9.59 Å². The molecule has 192 valence electrons. The lowest BCUT2D eigenvalue weighted by Gasteiger charge is -2.29. The standard InChI is InChI=1S/C23H23N5O2.C7H12/c1-15-20(26-23(30)18-5-3-4-16(10-18)11-24)12-25-22-21(15)19(13-27(22)2)17-6-8-28(14-29)9-7-17;1-2-7-4-3-6(1)5-7/h3-5,10,12-14,17H,6-9H2,1-2H3,(H,26,30);6-7H,1-5H2. The van der Waals surface area contributed by atoms with Crippen LogP contribution in [0.5, 0.6) is 0 Å². The minimum absolute atomic E-state index is 0.270. The Morgan fingerprint density at radius 3 is 2.43 bits per heavy atom. The Bertz CT molecular complexity index is 1330. The molecular formula is C30H35N5O2. The number of pyridine rings is 1. The van der Waals surface area contributed by atoms with Crippen LogP contribution in [0.2, 0.25) is 0 Å². The first-order valence-electron chi connectivity index (χ1n) is 13.4. The molecule has 1 aliphatic heterocycles. The summed E-state index contributed by atoms with van der Waals surface area (Å²) < 4.78 is 2.02. The van der Waals surface area contributed by atoms with E-state index in [2.05, 4.69) is 22.6 Å². The predicted octanol–water partition coefficient (Wildman–Crippen LogP) is 5.54. The molecule has 2 saturated carbocycles. The van der Waals surface area contributed by atoms with E-state index in [4.69, 9.17) is 5.26 Å². The van der Waals surface area contributed by atoms with Crippen molar-refractivity contribution in [3.63, 3.8) is 0 Å². The zero-order valence-corrected chi connectivity index (χ0v) is 21.7. The summed E-state index contributed by atoms with van der Waals surface area (Å²) in [5.74, 6) is 2.42. The van der Waals surface area contributed by atoms with Crippen LogP contribution in [0.25, 0.3) is 11.0 Å². The summed E-state index contributed by atoms with van der Waals surface area (Å²) in [6.07, 6.45) is 14.4. The van der Waals surface area contributed by atoms with Gasteiger partial charge in [0.1, 0.15) is 5.65 Å². The number of hydrogen-bond acceptors (Lipinski definition) is 4. The normalized spacial score (nSPS) is 20.8. The summed E-state index contributed by atoms with van der Waals surface area (Å²) in [5, 5.41) is 13.1. The van der Waals surface area contributed by atoms with Gasteiger partial charge in [-0.2, -0.15) is 5.26 Å². The van der Waals surface area contributed by atoms with Crippen molar-refractivity contribution in [1.82, 2.24) is 14.5 Å². The van der Waals surface area contributed by atoms with E-state index in [0.717, 1.165) is 48.9 Å². The number of benzene rings is 1. The molecule has 3 fully saturated rings. The minimum Gasteiger partial charge on any atom is -0.345 e. The summed E-state index contributed by atoms with van der Waals surface area (Å²) in [6, 6.07) is 8.68. The zero-order chi connectivity index (χ0) is 25.9. The van der Waals surface area contributed by atoms with Gasteiger partial charge in [-0.15, -0.1) is 0 Å². The number of nitrogens with zero attached hydrogens (tertiary/aromatic N) is 4. The first kappa shape index (κ1) is 25.0. The van der Waals surface area contributed by atoms with Gasteiger partial charge in [0.25, 0.3) is 5.91 Å². The SMILES string of the molecule is C1CC2CCC1C2.Cc1c(NC(=O)c2cccc(C#N)c2)cnc2c1c(C1CCN(C=O)CC1)cn2C. The van der Waals surface area contributed by atoms with Gasteiger partial charge in [-0.1, -0.05) is 31.7 Å². The number of likely N-dealkylation sites (tertiary alicyclic amines) is 1. The lowest BCUT2D eigenvalue weighted by Crippen LogP contribution is -2.31. The van der Waals surface area contributed by atoms with E-state index in [1.165, 1.54) is 17.4 Å². The largest absolute Gasteiger partial charge is 0.345 e. The monoisotopic (exact) mass is 497 g/mol. The average molecular weight is 498 g/mol. The first-order valence-corrected chi connectivity index (χ1v) is 13.4. The number of hydrogen-bond donors (Lipinski definition) is 1. The number of fused-ring (bicyclic) bond motifs is 3. The molecule has 7 nitrogen and oxygen atoms in total. The Labute approximate surface area is 218 Å². The van der Waals surface area contributed by atoms with Crippen LogP contribution >= 0.6 is 0 Å². The summed E-state index contributed by atoms with van der Waals surface area (Å²) in [5.41, 5.74) is 4.60. The summed E-state index contributed by atoms with van der Waals surface area (Å²) in [4.78, 5) is 30.2. The molecule has 3 heterocycles. The van der Waals surface area contributed by atoms with Crippen molar-refractivity contribution in [3.8, 4) is 6.07 Å². The molecule has 1 saturated heterocycles. The maximum absolute atomic E-state index is 12.7. The van der Waals surface area contributed by atoms with Gasteiger partial charge in [0.2, 0.25) is 6.41 Å². The molecule has 1 aromatic carbocycles. The van der Waals surface area contributed by atoms with Crippen molar-refractivity contribution in [2.75, 3.05) is 18.4 Å². The summed E-state index contributed by atoms with van der Waals surface area (Å²) >= 11 is 0. The van der Waals surface area contributed by atoms with Crippen molar-refractivity contribution in [2.24, 2.45) is 18.9 Å². The molecule has 2 bridgehead atoms. The molecule has 1 N–H and O–H groups in total. The molecule has 37 heavy (non-hydrogen) atoms. The summed E-state index contributed by atoms with van der Waals surface area (Å²) in [6.45, 7) is 3.50. The Hall–Kier alpha value is -3.66. The quantitative estimate of drug-likeness (QED) is 0.479. The van der Waals surface area contributed by atoms with Gasteiger partial charge in [0.15, 0.2) is 0 Å². The second-order valence-corrected chi connectivity index (χ2v) is 10.9. The highest BCUT2D eigenvalue weighted by atomic mass is 16.1. The minimum atomic E-state index is -0.270. The summed E-state index contributed by atoms with van der Waals surface area (Å²) in [7, 11) is 1.98. The third kappa shape index (κ3) is 5.24. The van der Waals surface area contributed by atoms with Crippen molar-refractivity contribution < 1.29 is 9.59 Å². The van der Waals surface area contributed by atoms with Crippen LogP contribution in [-0.2, 0) is 11.8 Å². The Kier molecular flexibility index (Phi) is 7.27. The van der Waals surface area contributed by atoms with Crippen LogP contribution in [0, 0.1) is 30.1 Å². The third-order valence-electron chi connectivity index (χ3n) is 8.53. The maximum atomic E-state index is 12.7. The number of aryl methyl sites for hydroxylation is 2. The van der Waals surface area contributed by atoms with Crippen LogP contribution in [0.4, 0.5) is 5.69 Å². The van der Waals surface area contributed by atoms with Crippen molar-refractivity contribution in [1.29, 1.82) is 5.26 Å². The highest BCUT2D eigenvalue weighted by Gasteiger charge is 2.30. The van der Waals surface area contributed by atoms with Crippen LogP contribution in [0.1, 0.15) is 77.9 Å². The first-order chi connectivity index (χ1) is 18.0. The van der Waals surface area contributed by atoms with Crippen molar-refractivity contribution >= 4 is 29.0 Å². The number of piperidine rings is 1. The van der Waals surface area contributed by atoms with Gasteiger partial charge in [0, 0.05) is 37.3 Å². The van der Waals surface area contributed by atoms with Gasteiger partial charge in [0.05, 0.1) is 23.5 Å².